The van der Waals surface area contributed by atoms with E-state index in [0.717, 1.165) is 20.2 Å². The molecule has 84 valence electrons. The van der Waals surface area contributed by atoms with E-state index in [4.69, 9.17) is 0 Å². The van der Waals surface area contributed by atoms with Crippen LogP contribution in [-0.2, 0) is 0 Å². The monoisotopic (exact) mass is 307 g/mol. The van der Waals surface area contributed by atoms with Gasteiger partial charge in [0.15, 0.2) is 0 Å². The summed E-state index contributed by atoms with van der Waals surface area (Å²) in [4.78, 5) is 10.5. The molecular formula is C12H6BrNO2S. The van der Waals surface area contributed by atoms with Gasteiger partial charge in [0.05, 0.1) is 4.92 Å². The van der Waals surface area contributed by atoms with Gasteiger partial charge in [-0.15, -0.1) is 11.3 Å². The van der Waals surface area contributed by atoms with E-state index in [9.17, 15) is 10.1 Å². The number of rotatable bonds is 1. The molecule has 0 atom stereocenters. The second-order valence-corrected chi connectivity index (χ2v) is 5.50. The molecule has 1 aromatic heterocycles. The minimum absolute atomic E-state index is 0.112. The van der Waals surface area contributed by atoms with Crippen LogP contribution in [-0.4, -0.2) is 4.92 Å². The van der Waals surface area contributed by atoms with Gasteiger partial charge in [0.2, 0.25) is 0 Å². The predicted octanol–water partition coefficient (Wildman–Crippen LogP) is 4.73. The smallest absolute Gasteiger partial charge is 0.258 e. The Bertz CT molecular complexity index is 751. The van der Waals surface area contributed by atoms with Crippen molar-refractivity contribution in [2.45, 2.75) is 0 Å². The number of hydrogen-bond acceptors (Lipinski definition) is 3. The first-order valence-corrected chi connectivity index (χ1v) is 6.53. The first-order chi connectivity index (χ1) is 8.18. The molecule has 0 N–H and O–H groups in total. The lowest BCUT2D eigenvalue weighted by atomic mass is 10.1. The van der Waals surface area contributed by atoms with Gasteiger partial charge in [0.25, 0.3) is 5.69 Å². The van der Waals surface area contributed by atoms with Gasteiger partial charge in [0, 0.05) is 26.2 Å². The van der Waals surface area contributed by atoms with Gasteiger partial charge in [0.1, 0.15) is 4.47 Å². The van der Waals surface area contributed by atoms with Crippen molar-refractivity contribution in [3.8, 4) is 0 Å². The van der Waals surface area contributed by atoms with E-state index in [1.165, 1.54) is 0 Å². The average molecular weight is 308 g/mol. The Hall–Kier alpha value is -1.46. The first kappa shape index (κ1) is 10.7. The summed E-state index contributed by atoms with van der Waals surface area (Å²) in [5, 5.41) is 12.9. The Labute approximate surface area is 109 Å². The second kappa shape index (κ2) is 3.78. The number of halogens is 1. The molecule has 3 nitrogen and oxygen atoms in total. The molecule has 5 heteroatoms. The van der Waals surface area contributed by atoms with Crippen LogP contribution in [0.15, 0.2) is 40.9 Å². The van der Waals surface area contributed by atoms with Crippen LogP contribution in [0.4, 0.5) is 5.69 Å². The van der Waals surface area contributed by atoms with Crippen LogP contribution in [0.25, 0.3) is 20.2 Å². The molecular weight excluding hydrogens is 302 g/mol. The van der Waals surface area contributed by atoms with E-state index in [1.54, 1.807) is 17.4 Å². The van der Waals surface area contributed by atoms with Gasteiger partial charge < -0.3 is 0 Å². The molecule has 0 aliphatic carbocycles. The average Bonchev–Trinajstić information content (AvgIpc) is 2.67. The fourth-order valence-electron chi connectivity index (χ4n) is 1.91. The van der Waals surface area contributed by atoms with Gasteiger partial charge in [-0.2, -0.15) is 0 Å². The van der Waals surface area contributed by atoms with Gasteiger partial charge in [-0.05, 0) is 28.1 Å². The molecule has 17 heavy (non-hydrogen) atoms. The number of fused-ring (bicyclic) bond motifs is 3. The molecule has 0 saturated heterocycles. The third-order valence-electron chi connectivity index (χ3n) is 2.66. The molecule has 0 spiro atoms. The molecule has 0 radical (unpaired) electrons. The lowest BCUT2D eigenvalue weighted by molar-refractivity contribution is -0.385. The molecule has 3 rings (SSSR count). The van der Waals surface area contributed by atoms with Gasteiger partial charge >= 0.3 is 0 Å². The van der Waals surface area contributed by atoms with Crippen molar-refractivity contribution < 1.29 is 4.92 Å². The number of nitro groups is 1. The first-order valence-electron chi connectivity index (χ1n) is 4.92. The number of hydrogen-bond donors (Lipinski definition) is 0. The van der Waals surface area contributed by atoms with E-state index in [2.05, 4.69) is 15.9 Å². The van der Waals surface area contributed by atoms with Crippen molar-refractivity contribution in [3.05, 3.63) is 51.0 Å². The molecule has 0 aliphatic rings. The zero-order valence-electron chi connectivity index (χ0n) is 8.51. The maximum Gasteiger partial charge on any atom is 0.284 e. The predicted molar refractivity (Wildman–Crippen MR) is 73.7 cm³/mol. The molecule has 3 aromatic rings. The fraction of sp³-hybridized carbons (Fsp3) is 0. The number of thiophene rings is 1. The zero-order valence-corrected chi connectivity index (χ0v) is 10.9. The van der Waals surface area contributed by atoms with Crippen LogP contribution in [0.3, 0.4) is 0 Å². The van der Waals surface area contributed by atoms with Crippen LogP contribution in [0.2, 0.25) is 0 Å². The lowest BCUT2D eigenvalue weighted by Crippen LogP contribution is -1.88. The molecule has 2 aromatic carbocycles. The van der Waals surface area contributed by atoms with Gasteiger partial charge in [-0.25, -0.2) is 0 Å². The summed E-state index contributed by atoms with van der Waals surface area (Å²) in [6.07, 6.45) is 0. The standard InChI is InChI=1S/C12H6BrNO2S/c13-12-8(14(15)16)5-6-10-11(12)7-3-1-2-4-9(7)17-10/h1-6H. The Morgan fingerprint density at radius 3 is 2.65 bits per heavy atom. The highest BCUT2D eigenvalue weighted by Gasteiger charge is 2.17. The quantitative estimate of drug-likeness (QED) is 0.482. The van der Waals surface area contributed by atoms with E-state index in [0.29, 0.717) is 4.47 Å². The summed E-state index contributed by atoms with van der Waals surface area (Å²) in [5.74, 6) is 0. The summed E-state index contributed by atoms with van der Waals surface area (Å²) in [6.45, 7) is 0. The SMILES string of the molecule is O=[N+]([O-])c1ccc2sc3ccccc3c2c1Br. The van der Waals surface area contributed by atoms with Crippen LogP contribution < -0.4 is 0 Å². The van der Waals surface area contributed by atoms with E-state index in [1.807, 2.05) is 30.3 Å². The number of nitrogens with zero attached hydrogens (tertiary/aromatic N) is 1. The molecule has 0 amide bonds. The van der Waals surface area contributed by atoms with Crippen LogP contribution >= 0.6 is 27.3 Å². The molecule has 0 fully saturated rings. The third kappa shape index (κ3) is 1.54. The number of nitro benzene ring substituents is 1. The highest BCUT2D eigenvalue weighted by Crippen LogP contribution is 2.41. The largest absolute Gasteiger partial charge is 0.284 e. The van der Waals surface area contributed by atoms with Crippen molar-refractivity contribution in [1.29, 1.82) is 0 Å². The third-order valence-corrected chi connectivity index (χ3v) is 4.60. The number of benzene rings is 2. The van der Waals surface area contributed by atoms with E-state index >= 15 is 0 Å². The molecule has 0 saturated carbocycles. The van der Waals surface area contributed by atoms with Crippen molar-refractivity contribution in [2.75, 3.05) is 0 Å². The minimum Gasteiger partial charge on any atom is -0.258 e. The maximum atomic E-state index is 10.9. The van der Waals surface area contributed by atoms with Crippen molar-refractivity contribution in [1.82, 2.24) is 0 Å². The normalized spacial score (nSPS) is 11.1. The molecule has 1 heterocycles. The van der Waals surface area contributed by atoms with E-state index < -0.39 is 0 Å². The molecule has 0 unspecified atom stereocenters. The van der Waals surface area contributed by atoms with Crippen molar-refractivity contribution >= 4 is 53.1 Å². The van der Waals surface area contributed by atoms with Crippen LogP contribution in [0.1, 0.15) is 0 Å². The highest BCUT2D eigenvalue weighted by molar-refractivity contribution is 9.10. The Balaban J connectivity index is 2.52. The Morgan fingerprint density at radius 1 is 1.12 bits per heavy atom. The van der Waals surface area contributed by atoms with Gasteiger partial charge in [-0.1, -0.05) is 18.2 Å². The topological polar surface area (TPSA) is 43.1 Å². The maximum absolute atomic E-state index is 10.9. The van der Waals surface area contributed by atoms with Crippen LogP contribution in [0.5, 0.6) is 0 Å². The second-order valence-electron chi connectivity index (χ2n) is 3.63. The summed E-state index contributed by atoms with van der Waals surface area (Å²) in [5.41, 5.74) is 0.112. The van der Waals surface area contributed by atoms with Crippen molar-refractivity contribution in [2.24, 2.45) is 0 Å². The summed E-state index contributed by atoms with van der Waals surface area (Å²) < 4.78 is 2.77. The molecule has 0 bridgehead atoms. The Kier molecular flexibility index (Phi) is 2.38. The zero-order chi connectivity index (χ0) is 12.0. The summed E-state index contributed by atoms with van der Waals surface area (Å²) in [7, 11) is 0. The van der Waals surface area contributed by atoms with E-state index in [-0.39, 0.29) is 10.6 Å². The molecule has 0 aliphatic heterocycles. The van der Waals surface area contributed by atoms with Crippen LogP contribution in [0, 0.1) is 10.1 Å². The van der Waals surface area contributed by atoms with Crippen molar-refractivity contribution in [3.63, 3.8) is 0 Å². The lowest BCUT2D eigenvalue weighted by Gasteiger charge is -1.97. The Morgan fingerprint density at radius 2 is 1.88 bits per heavy atom. The fourth-order valence-corrected chi connectivity index (χ4v) is 3.85. The summed E-state index contributed by atoms with van der Waals surface area (Å²) in [6, 6.07) is 11.3. The highest BCUT2D eigenvalue weighted by atomic mass is 79.9. The summed E-state index contributed by atoms with van der Waals surface area (Å²) >= 11 is 4.99. The minimum atomic E-state index is -0.365. The van der Waals surface area contributed by atoms with Gasteiger partial charge in [-0.3, -0.25) is 10.1 Å².